The summed E-state index contributed by atoms with van der Waals surface area (Å²) < 4.78 is 12.4. The van der Waals surface area contributed by atoms with Gasteiger partial charge in [-0.25, -0.2) is 4.79 Å². The van der Waals surface area contributed by atoms with Gasteiger partial charge < -0.3 is 19.4 Å². The highest BCUT2D eigenvalue weighted by Gasteiger charge is 2.61. The maximum atomic E-state index is 12.5. The smallest absolute Gasteiger partial charge is 0.349 e. The monoisotopic (exact) mass is 441 g/mol. The Bertz CT molecular complexity index is 969. The minimum absolute atomic E-state index is 0.0560. The molecular formula is C25H35N3O4. The van der Waals surface area contributed by atoms with E-state index in [4.69, 9.17) is 9.47 Å². The van der Waals surface area contributed by atoms with Gasteiger partial charge in [0.1, 0.15) is 11.6 Å². The van der Waals surface area contributed by atoms with Crippen molar-refractivity contribution in [3.63, 3.8) is 0 Å². The number of hydrogen-bond acceptors (Lipinski definition) is 5. The fourth-order valence-corrected chi connectivity index (χ4v) is 5.66. The third-order valence-corrected chi connectivity index (χ3v) is 8.24. The molecule has 3 atom stereocenters. The Morgan fingerprint density at radius 3 is 2.62 bits per heavy atom. The van der Waals surface area contributed by atoms with E-state index in [1.54, 1.807) is 7.11 Å². The third-order valence-electron chi connectivity index (χ3n) is 8.24. The first-order valence-electron chi connectivity index (χ1n) is 11.3. The maximum absolute atomic E-state index is 12.5. The largest absolute Gasteiger partial charge is 0.451 e. The van der Waals surface area contributed by atoms with Crippen LogP contribution in [0.2, 0.25) is 0 Å². The number of nitrogens with zero attached hydrogens (tertiary/aromatic N) is 2. The zero-order valence-electron chi connectivity index (χ0n) is 20.1. The highest BCUT2D eigenvalue weighted by atomic mass is 16.5. The summed E-state index contributed by atoms with van der Waals surface area (Å²) in [5, 5.41) is 12.6. The molecule has 0 aromatic carbocycles. The predicted octanol–water partition coefficient (Wildman–Crippen LogP) is 3.53. The van der Waals surface area contributed by atoms with Gasteiger partial charge in [0.25, 0.3) is 5.91 Å². The molecule has 2 fully saturated rings. The summed E-state index contributed by atoms with van der Waals surface area (Å²) in [4.78, 5) is 25.0. The molecule has 1 heterocycles. The quantitative estimate of drug-likeness (QED) is 0.378. The molecule has 0 aliphatic heterocycles. The van der Waals surface area contributed by atoms with Crippen molar-refractivity contribution in [2.45, 2.75) is 66.5 Å². The maximum Gasteiger partial charge on any atom is 0.349 e. The lowest BCUT2D eigenvalue weighted by molar-refractivity contribution is -0.144. The topological polar surface area (TPSA) is 93.3 Å². The van der Waals surface area contributed by atoms with Crippen molar-refractivity contribution in [2.75, 3.05) is 20.3 Å². The van der Waals surface area contributed by atoms with E-state index < -0.39 is 5.97 Å². The molecule has 0 spiro atoms. The highest BCUT2D eigenvalue weighted by molar-refractivity contribution is 5.99. The number of aryl methyl sites for hydroxylation is 1. The summed E-state index contributed by atoms with van der Waals surface area (Å²) in [5.74, 6) is -0.497. The number of methoxy groups -OCH3 is 1. The van der Waals surface area contributed by atoms with E-state index in [2.05, 4.69) is 30.7 Å². The van der Waals surface area contributed by atoms with Crippen LogP contribution in [0.4, 0.5) is 0 Å². The summed E-state index contributed by atoms with van der Waals surface area (Å²) in [6.45, 7) is 11.6. The zero-order valence-corrected chi connectivity index (χ0v) is 20.1. The Morgan fingerprint density at radius 2 is 2.06 bits per heavy atom. The van der Waals surface area contributed by atoms with Crippen LogP contribution in [0.15, 0.2) is 11.6 Å². The van der Waals surface area contributed by atoms with Gasteiger partial charge in [0.2, 0.25) is 0 Å². The number of hydrogen-bond donors (Lipinski definition) is 1. The molecule has 2 aliphatic rings. The van der Waals surface area contributed by atoms with Gasteiger partial charge in [0.05, 0.1) is 6.61 Å². The van der Waals surface area contributed by atoms with Crippen LogP contribution in [0.25, 0.3) is 6.08 Å². The summed E-state index contributed by atoms with van der Waals surface area (Å²) in [6, 6.07) is 3.91. The lowest BCUT2D eigenvalue weighted by atomic mass is 9.69. The number of carbonyl (C=O) groups excluding carboxylic acids is 2. The van der Waals surface area contributed by atoms with Crippen LogP contribution in [-0.2, 0) is 25.6 Å². The van der Waals surface area contributed by atoms with Crippen LogP contribution >= 0.6 is 0 Å². The van der Waals surface area contributed by atoms with Crippen molar-refractivity contribution in [1.82, 2.24) is 9.88 Å². The fraction of sp³-hybridized carbons (Fsp3) is 0.640. The summed E-state index contributed by atoms with van der Waals surface area (Å²) in [6.07, 6.45) is 4.78. The van der Waals surface area contributed by atoms with E-state index in [1.165, 1.54) is 12.5 Å². The molecule has 0 saturated heterocycles. The number of esters is 1. The van der Waals surface area contributed by atoms with Crippen LogP contribution in [0.1, 0.15) is 57.0 Å². The summed E-state index contributed by atoms with van der Waals surface area (Å²) >= 11 is 0. The van der Waals surface area contributed by atoms with Crippen molar-refractivity contribution in [2.24, 2.45) is 16.7 Å². The van der Waals surface area contributed by atoms with Crippen molar-refractivity contribution in [3.8, 4) is 6.07 Å². The van der Waals surface area contributed by atoms with Crippen LogP contribution in [-0.4, -0.2) is 42.8 Å². The number of fused-ring (bicyclic) bond motifs is 2. The van der Waals surface area contributed by atoms with Crippen molar-refractivity contribution in [3.05, 3.63) is 28.6 Å². The van der Waals surface area contributed by atoms with Crippen LogP contribution in [0, 0.1) is 41.9 Å². The van der Waals surface area contributed by atoms with Crippen molar-refractivity contribution < 1.29 is 19.1 Å². The molecule has 1 amide bonds. The van der Waals surface area contributed by atoms with Gasteiger partial charge in [0.15, 0.2) is 6.61 Å². The van der Waals surface area contributed by atoms with Gasteiger partial charge in [-0.05, 0) is 67.6 Å². The summed E-state index contributed by atoms with van der Waals surface area (Å²) in [5.41, 5.74) is 2.84. The average molecular weight is 442 g/mol. The lowest BCUT2D eigenvalue weighted by Gasteiger charge is -2.39. The molecular weight excluding hydrogens is 406 g/mol. The average Bonchev–Trinajstić information content (AvgIpc) is 3.21. The second-order valence-corrected chi connectivity index (χ2v) is 9.95. The van der Waals surface area contributed by atoms with E-state index in [-0.39, 0.29) is 35.0 Å². The van der Waals surface area contributed by atoms with E-state index in [0.717, 1.165) is 29.8 Å². The van der Waals surface area contributed by atoms with Crippen LogP contribution in [0.5, 0.6) is 0 Å². The number of rotatable bonds is 8. The van der Waals surface area contributed by atoms with Gasteiger partial charge in [-0.1, -0.05) is 20.8 Å². The molecule has 1 aromatic heterocycles. The number of nitrogens with one attached hydrogen (secondary N) is 1. The molecule has 0 radical (unpaired) electrons. The second kappa shape index (κ2) is 9.11. The van der Waals surface area contributed by atoms with E-state index >= 15 is 0 Å². The lowest BCUT2D eigenvalue weighted by Crippen LogP contribution is -2.48. The van der Waals surface area contributed by atoms with Gasteiger partial charge in [-0.3, -0.25) is 4.79 Å². The van der Waals surface area contributed by atoms with Crippen molar-refractivity contribution >= 4 is 18.0 Å². The number of aromatic nitrogens is 1. The first kappa shape index (κ1) is 24.1. The SMILES string of the molecule is COCCn1c(C)cc(/C=C(\C#N)C(=O)OCC(=O)NC2CC3CCC2(C)C3(C)C)c1C. The Kier molecular flexibility index (Phi) is 6.85. The Morgan fingerprint density at radius 1 is 1.34 bits per heavy atom. The Balaban J connectivity index is 1.60. The van der Waals surface area contributed by atoms with Gasteiger partial charge in [0, 0.05) is 31.1 Å². The number of amides is 1. The Hall–Kier alpha value is -2.59. The fourth-order valence-electron chi connectivity index (χ4n) is 5.66. The standard InChI is InChI=1S/C25H35N3O4/c1-16-11-18(17(2)28(16)9-10-31-6)12-19(14-26)23(30)32-15-22(29)27-21-13-20-7-8-25(21,5)24(20,3)4/h11-12,20-21H,7-10,13,15H2,1-6H3,(H,27,29)/b19-12+. The zero-order chi connectivity index (χ0) is 23.7. The number of nitriles is 1. The highest BCUT2D eigenvalue weighted by Crippen LogP contribution is 2.65. The van der Waals surface area contributed by atoms with Gasteiger partial charge in [-0.15, -0.1) is 0 Å². The molecule has 32 heavy (non-hydrogen) atoms. The third kappa shape index (κ3) is 4.21. The second-order valence-electron chi connectivity index (χ2n) is 9.95. The van der Waals surface area contributed by atoms with E-state index in [0.29, 0.717) is 19.1 Å². The molecule has 2 bridgehead atoms. The predicted molar refractivity (Wildman–Crippen MR) is 121 cm³/mol. The first-order chi connectivity index (χ1) is 15.0. The molecule has 7 nitrogen and oxygen atoms in total. The minimum atomic E-state index is -0.788. The van der Waals surface area contributed by atoms with Crippen LogP contribution in [0.3, 0.4) is 0 Å². The molecule has 3 rings (SSSR count). The minimum Gasteiger partial charge on any atom is -0.451 e. The molecule has 1 N–H and O–H groups in total. The summed E-state index contributed by atoms with van der Waals surface area (Å²) in [7, 11) is 1.65. The van der Waals surface area contributed by atoms with Gasteiger partial charge in [-0.2, -0.15) is 5.26 Å². The Labute approximate surface area is 190 Å². The molecule has 2 saturated carbocycles. The van der Waals surface area contributed by atoms with Gasteiger partial charge >= 0.3 is 5.97 Å². The first-order valence-corrected chi connectivity index (χ1v) is 11.3. The molecule has 2 aliphatic carbocycles. The van der Waals surface area contributed by atoms with Crippen molar-refractivity contribution in [1.29, 1.82) is 5.26 Å². The molecule has 1 aromatic rings. The number of carbonyl (C=O) groups is 2. The molecule has 7 heteroatoms. The number of ether oxygens (including phenoxy) is 2. The van der Waals surface area contributed by atoms with E-state index in [9.17, 15) is 14.9 Å². The molecule has 3 unspecified atom stereocenters. The van der Waals surface area contributed by atoms with Crippen LogP contribution < -0.4 is 5.32 Å². The normalized spacial score (nSPS) is 26.1. The molecule has 174 valence electrons. The van der Waals surface area contributed by atoms with E-state index in [1.807, 2.05) is 26.0 Å².